The molecular formula is C26H32F2N6O2. The number of hydrogen-bond donors (Lipinski definition) is 3. The molecule has 0 saturated heterocycles. The number of rotatable bonds is 7. The first kappa shape index (κ1) is 25.5. The first-order valence-corrected chi connectivity index (χ1v) is 12.2. The molecule has 3 aromatic rings. The summed E-state index contributed by atoms with van der Waals surface area (Å²) in [5.74, 6) is -4.03. The quantitative estimate of drug-likeness (QED) is 0.425. The van der Waals surface area contributed by atoms with Crippen LogP contribution in [0.3, 0.4) is 0 Å². The van der Waals surface area contributed by atoms with Crippen molar-refractivity contribution < 1.29 is 18.4 Å². The molecule has 2 aromatic heterocycles. The summed E-state index contributed by atoms with van der Waals surface area (Å²) in [6.07, 6.45) is 1.20. The number of aromatic nitrogens is 4. The van der Waals surface area contributed by atoms with Crippen molar-refractivity contribution in [1.29, 1.82) is 0 Å². The van der Waals surface area contributed by atoms with Crippen molar-refractivity contribution in [3.05, 3.63) is 53.6 Å². The summed E-state index contributed by atoms with van der Waals surface area (Å²) in [6.45, 7) is 7.65. The maximum Gasteiger partial charge on any atom is 0.270 e. The molecule has 2 amide bonds. The van der Waals surface area contributed by atoms with Gasteiger partial charge >= 0.3 is 0 Å². The Labute approximate surface area is 208 Å². The number of carbonyl (C=O) groups excluding carboxylic acids is 2. The van der Waals surface area contributed by atoms with Crippen LogP contribution in [-0.2, 0) is 4.79 Å². The standard InChI is InChI=1S/C26H32F2N6O2/c1-15(2)34-21(11-14-29-34)24(35)31-23(19-9-12-26(27,28)13-10-19)25(36)30-20-7-5-18(6-8-20)22-16(3)32-33-17(22)4/h5-8,11,14-15,19,23H,9-10,12-13H2,1-4H3,(H,30,36)(H,31,35)(H,32,33)/t23-/m0/s1. The van der Waals surface area contributed by atoms with Crippen LogP contribution in [0.4, 0.5) is 14.5 Å². The molecule has 0 spiro atoms. The Balaban J connectivity index is 1.53. The van der Waals surface area contributed by atoms with E-state index < -0.39 is 29.7 Å². The van der Waals surface area contributed by atoms with Gasteiger partial charge in [-0.25, -0.2) is 8.78 Å². The molecule has 36 heavy (non-hydrogen) atoms. The van der Waals surface area contributed by atoms with Gasteiger partial charge in [0.15, 0.2) is 0 Å². The second kappa shape index (κ2) is 10.2. The van der Waals surface area contributed by atoms with Crippen molar-refractivity contribution in [2.75, 3.05) is 5.32 Å². The molecule has 0 aliphatic heterocycles. The van der Waals surface area contributed by atoms with Crippen LogP contribution in [0.15, 0.2) is 36.5 Å². The second-order valence-corrected chi connectivity index (χ2v) is 9.77. The third-order valence-corrected chi connectivity index (χ3v) is 6.76. The lowest BCUT2D eigenvalue weighted by Gasteiger charge is -2.33. The van der Waals surface area contributed by atoms with Crippen molar-refractivity contribution in [2.45, 2.75) is 71.4 Å². The maximum absolute atomic E-state index is 13.8. The molecule has 0 bridgehead atoms. The van der Waals surface area contributed by atoms with E-state index in [1.807, 2.05) is 39.8 Å². The number of anilines is 1. The minimum Gasteiger partial charge on any atom is -0.339 e. The third-order valence-electron chi connectivity index (χ3n) is 6.76. The molecule has 8 nitrogen and oxygen atoms in total. The molecule has 4 rings (SSSR count). The zero-order valence-electron chi connectivity index (χ0n) is 20.9. The number of nitrogens with zero attached hydrogens (tertiary/aromatic N) is 3. The van der Waals surface area contributed by atoms with Gasteiger partial charge in [-0.3, -0.25) is 19.4 Å². The van der Waals surface area contributed by atoms with Crippen molar-refractivity contribution in [3.8, 4) is 11.1 Å². The molecule has 1 fully saturated rings. The number of nitrogens with one attached hydrogen (secondary N) is 3. The fraction of sp³-hybridized carbons (Fsp3) is 0.462. The zero-order valence-corrected chi connectivity index (χ0v) is 20.9. The number of aromatic amines is 1. The summed E-state index contributed by atoms with van der Waals surface area (Å²) in [7, 11) is 0. The number of alkyl halides is 2. The Morgan fingerprint density at radius 3 is 2.36 bits per heavy atom. The molecule has 1 aliphatic carbocycles. The van der Waals surface area contributed by atoms with Crippen LogP contribution in [0.1, 0.15) is 67.4 Å². The summed E-state index contributed by atoms with van der Waals surface area (Å²) in [5, 5.41) is 17.0. The molecule has 3 N–H and O–H groups in total. The van der Waals surface area contributed by atoms with E-state index in [4.69, 9.17) is 0 Å². The summed E-state index contributed by atoms with van der Waals surface area (Å²) in [5.41, 5.74) is 4.65. The zero-order chi connectivity index (χ0) is 26.0. The molecule has 1 aromatic carbocycles. The van der Waals surface area contributed by atoms with Crippen molar-refractivity contribution >= 4 is 17.5 Å². The van der Waals surface area contributed by atoms with Crippen molar-refractivity contribution in [2.24, 2.45) is 5.92 Å². The van der Waals surface area contributed by atoms with Gasteiger partial charge in [0.25, 0.3) is 5.91 Å². The average molecular weight is 499 g/mol. The van der Waals surface area contributed by atoms with E-state index in [-0.39, 0.29) is 31.7 Å². The molecule has 1 saturated carbocycles. The first-order valence-electron chi connectivity index (χ1n) is 12.2. The molecule has 2 heterocycles. The number of H-pyrrole nitrogens is 1. The second-order valence-electron chi connectivity index (χ2n) is 9.77. The number of carbonyl (C=O) groups is 2. The lowest BCUT2D eigenvalue weighted by atomic mass is 9.81. The van der Waals surface area contributed by atoms with E-state index in [2.05, 4.69) is 25.9 Å². The number of amides is 2. The Kier molecular flexibility index (Phi) is 7.23. The highest BCUT2D eigenvalue weighted by Crippen LogP contribution is 2.38. The van der Waals surface area contributed by atoms with Crippen LogP contribution in [-0.4, -0.2) is 43.8 Å². The number of halogens is 2. The van der Waals surface area contributed by atoms with Gasteiger partial charge < -0.3 is 10.6 Å². The number of hydrogen-bond acceptors (Lipinski definition) is 4. The number of aryl methyl sites for hydroxylation is 2. The smallest absolute Gasteiger partial charge is 0.270 e. The largest absolute Gasteiger partial charge is 0.339 e. The van der Waals surface area contributed by atoms with Gasteiger partial charge in [0.05, 0.1) is 5.69 Å². The molecule has 1 atom stereocenters. The molecular weight excluding hydrogens is 466 g/mol. The van der Waals surface area contributed by atoms with Crippen LogP contribution < -0.4 is 10.6 Å². The minimum atomic E-state index is -2.74. The summed E-state index contributed by atoms with van der Waals surface area (Å²) < 4.78 is 29.2. The molecule has 0 unspecified atom stereocenters. The SMILES string of the molecule is Cc1n[nH]c(C)c1-c1ccc(NC(=O)[C@@H](NC(=O)c2ccnn2C(C)C)C2CCC(F)(F)CC2)cc1. The first-order chi connectivity index (χ1) is 17.1. The van der Waals surface area contributed by atoms with Crippen LogP contribution >= 0.6 is 0 Å². The summed E-state index contributed by atoms with van der Waals surface area (Å²) >= 11 is 0. The molecule has 1 aliphatic rings. The van der Waals surface area contributed by atoms with Crippen LogP contribution in [0, 0.1) is 19.8 Å². The van der Waals surface area contributed by atoms with Gasteiger partial charge in [-0.2, -0.15) is 10.2 Å². The highest BCUT2D eigenvalue weighted by atomic mass is 19.3. The summed E-state index contributed by atoms with van der Waals surface area (Å²) in [6, 6.07) is 7.90. The van der Waals surface area contributed by atoms with Gasteiger partial charge in [-0.15, -0.1) is 0 Å². The highest BCUT2D eigenvalue weighted by molar-refractivity contribution is 6.00. The van der Waals surface area contributed by atoms with Gasteiger partial charge in [0.1, 0.15) is 11.7 Å². The lowest BCUT2D eigenvalue weighted by Crippen LogP contribution is -2.50. The fourth-order valence-corrected chi connectivity index (χ4v) is 4.83. The number of benzene rings is 1. The van der Waals surface area contributed by atoms with Crippen LogP contribution in [0.2, 0.25) is 0 Å². The van der Waals surface area contributed by atoms with E-state index >= 15 is 0 Å². The van der Waals surface area contributed by atoms with E-state index in [1.165, 1.54) is 6.20 Å². The minimum absolute atomic E-state index is 0.0533. The van der Waals surface area contributed by atoms with E-state index in [0.717, 1.165) is 22.5 Å². The normalized spacial score (nSPS) is 16.6. The summed E-state index contributed by atoms with van der Waals surface area (Å²) in [4.78, 5) is 26.5. The van der Waals surface area contributed by atoms with Gasteiger partial charge in [-0.1, -0.05) is 12.1 Å². The molecule has 10 heteroatoms. The van der Waals surface area contributed by atoms with E-state index in [9.17, 15) is 18.4 Å². The molecule has 192 valence electrons. The predicted molar refractivity (Wildman–Crippen MR) is 133 cm³/mol. The van der Waals surface area contributed by atoms with E-state index in [1.54, 1.807) is 22.9 Å². The average Bonchev–Trinajstić information content (AvgIpc) is 3.45. The topological polar surface area (TPSA) is 105 Å². The molecule has 0 radical (unpaired) electrons. The highest BCUT2D eigenvalue weighted by Gasteiger charge is 2.40. The predicted octanol–water partition coefficient (Wildman–Crippen LogP) is 5.03. The van der Waals surface area contributed by atoms with Gasteiger partial charge in [0.2, 0.25) is 11.8 Å². The van der Waals surface area contributed by atoms with Crippen molar-refractivity contribution in [1.82, 2.24) is 25.3 Å². The Bertz CT molecular complexity index is 1200. The van der Waals surface area contributed by atoms with Crippen molar-refractivity contribution in [3.63, 3.8) is 0 Å². The van der Waals surface area contributed by atoms with Crippen LogP contribution in [0.5, 0.6) is 0 Å². The monoisotopic (exact) mass is 498 g/mol. The van der Waals surface area contributed by atoms with Gasteiger partial charge in [0, 0.05) is 42.0 Å². The van der Waals surface area contributed by atoms with E-state index in [0.29, 0.717) is 11.4 Å². The Hall–Kier alpha value is -3.56. The lowest BCUT2D eigenvalue weighted by molar-refractivity contribution is -0.121. The Morgan fingerprint density at radius 2 is 1.78 bits per heavy atom. The fourth-order valence-electron chi connectivity index (χ4n) is 4.83. The van der Waals surface area contributed by atoms with Crippen LogP contribution in [0.25, 0.3) is 11.1 Å². The maximum atomic E-state index is 13.8. The Morgan fingerprint density at radius 1 is 1.11 bits per heavy atom. The third kappa shape index (κ3) is 5.47. The van der Waals surface area contributed by atoms with Gasteiger partial charge in [-0.05, 0) is 70.2 Å².